The summed E-state index contributed by atoms with van der Waals surface area (Å²) in [6, 6.07) is 9.95. The molecule has 1 aromatic heterocycles. The number of rotatable bonds is 12. The summed E-state index contributed by atoms with van der Waals surface area (Å²) in [6.45, 7) is 12.1. The van der Waals surface area contributed by atoms with Crippen LogP contribution in [0.5, 0.6) is 5.75 Å². The molecule has 0 radical (unpaired) electrons. The zero-order valence-corrected chi connectivity index (χ0v) is 20.7. The number of amides is 1. The van der Waals surface area contributed by atoms with Crippen LogP contribution in [0.25, 0.3) is 0 Å². The molecule has 1 aliphatic heterocycles. The fourth-order valence-electron chi connectivity index (χ4n) is 4.01. The second-order valence-electron chi connectivity index (χ2n) is 8.79. The van der Waals surface area contributed by atoms with Gasteiger partial charge < -0.3 is 19.5 Å². The molecule has 0 aliphatic carbocycles. The summed E-state index contributed by atoms with van der Waals surface area (Å²) in [5.74, 6) is 0.833. The Bertz CT molecular complexity index is 896. The number of hydrogen-bond donors (Lipinski definition) is 1. The van der Waals surface area contributed by atoms with Crippen LogP contribution in [0.1, 0.15) is 35.9 Å². The van der Waals surface area contributed by atoms with E-state index in [1.807, 2.05) is 54.8 Å². The number of aliphatic hydroxyl groups is 1. The van der Waals surface area contributed by atoms with Crippen LogP contribution in [0, 0.1) is 6.92 Å². The predicted molar refractivity (Wildman–Crippen MR) is 133 cm³/mol. The Morgan fingerprint density at radius 1 is 1.33 bits per heavy atom. The number of hydrogen-bond acceptors (Lipinski definition) is 6. The average Bonchev–Trinajstić information content (AvgIpc) is 3.26. The molecule has 1 aromatic carbocycles. The third-order valence-corrected chi connectivity index (χ3v) is 6.68. The van der Waals surface area contributed by atoms with Crippen molar-refractivity contribution in [3.8, 4) is 5.75 Å². The van der Waals surface area contributed by atoms with Crippen molar-refractivity contribution < 1.29 is 19.4 Å². The summed E-state index contributed by atoms with van der Waals surface area (Å²) in [5, 5.41) is 12.4. The molecule has 1 N–H and O–H groups in total. The minimum absolute atomic E-state index is 0.0307. The molecule has 7 heteroatoms. The van der Waals surface area contributed by atoms with Crippen molar-refractivity contribution >= 4 is 17.2 Å². The highest BCUT2D eigenvalue weighted by atomic mass is 32.1. The third-order valence-electron chi connectivity index (χ3n) is 5.68. The van der Waals surface area contributed by atoms with Crippen molar-refractivity contribution in [3.63, 3.8) is 0 Å². The first kappa shape index (κ1) is 25.4. The Kier molecular flexibility index (Phi) is 9.50. The standard InChI is InChI=1S/C26H36N2O4S/c1-5-12-27(15-21(29)17-31-19(2)3)16-26(30)28-13-10-25-23(11-14-33-25)24(28)18-32-22-8-6-20(4)7-9-22/h5-9,11,14,19,21,24,29H,1,10,12-13,15-18H2,2-4H3/t21-,24-/m0/s1. The maximum absolute atomic E-state index is 13.4. The molecule has 2 heterocycles. The Balaban J connectivity index is 1.67. The molecule has 180 valence electrons. The predicted octanol–water partition coefficient (Wildman–Crippen LogP) is 3.84. The Morgan fingerprint density at radius 3 is 2.79 bits per heavy atom. The number of aryl methyl sites for hydroxylation is 1. The van der Waals surface area contributed by atoms with Gasteiger partial charge in [0, 0.05) is 24.5 Å². The molecule has 0 saturated carbocycles. The highest BCUT2D eigenvalue weighted by Gasteiger charge is 2.33. The zero-order chi connectivity index (χ0) is 23.8. The zero-order valence-electron chi connectivity index (χ0n) is 19.9. The molecule has 0 unspecified atom stereocenters. The number of benzene rings is 1. The van der Waals surface area contributed by atoms with Gasteiger partial charge in [0.15, 0.2) is 0 Å². The molecule has 3 rings (SSSR count). The molecule has 0 spiro atoms. The van der Waals surface area contributed by atoms with Crippen LogP contribution in [0.2, 0.25) is 0 Å². The lowest BCUT2D eigenvalue weighted by Gasteiger charge is -2.37. The van der Waals surface area contributed by atoms with Gasteiger partial charge >= 0.3 is 0 Å². The van der Waals surface area contributed by atoms with E-state index in [-0.39, 0.29) is 31.2 Å². The SMILES string of the molecule is C=CCN(CC(=O)N1CCc2sccc2[C@@H]1COc1ccc(C)cc1)C[C@H](O)COC(C)C. The molecule has 0 fully saturated rings. The first-order valence-corrected chi connectivity index (χ1v) is 12.4. The molecular formula is C26H36N2O4S. The van der Waals surface area contributed by atoms with Crippen LogP contribution in [0.4, 0.5) is 0 Å². The summed E-state index contributed by atoms with van der Waals surface area (Å²) in [5.41, 5.74) is 2.35. The number of fused-ring (bicyclic) bond motifs is 1. The van der Waals surface area contributed by atoms with E-state index in [2.05, 4.69) is 18.0 Å². The third kappa shape index (κ3) is 7.40. The lowest BCUT2D eigenvalue weighted by Crippen LogP contribution is -2.48. The van der Waals surface area contributed by atoms with E-state index in [0.717, 1.165) is 12.2 Å². The summed E-state index contributed by atoms with van der Waals surface area (Å²) >= 11 is 1.74. The van der Waals surface area contributed by atoms with Gasteiger partial charge in [0.1, 0.15) is 12.4 Å². The van der Waals surface area contributed by atoms with E-state index in [4.69, 9.17) is 9.47 Å². The topological polar surface area (TPSA) is 62.2 Å². The lowest BCUT2D eigenvalue weighted by molar-refractivity contribution is -0.136. The summed E-state index contributed by atoms with van der Waals surface area (Å²) in [6.07, 6.45) is 2.00. The van der Waals surface area contributed by atoms with Gasteiger partial charge in [-0.15, -0.1) is 17.9 Å². The van der Waals surface area contributed by atoms with Crippen molar-refractivity contribution in [2.24, 2.45) is 0 Å². The van der Waals surface area contributed by atoms with E-state index in [1.54, 1.807) is 17.4 Å². The fraction of sp³-hybridized carbons (Fsp3) is 0.500. The van der Waals surface area contributed by atoms with Crippen LogP contribution >= 0.6 is 11.3 Å². The quantitative estimate of drug-likeness (QED) is 0.476. The Hall–Kier alpha value is -2.19. The van der Waals surface area contributed by atoms with Crippen LogP contribution in [0.15, 0.2) is 48.4 Å². The van der Waals surface area contributed by atoms with Crippen LogP contribution in [0.3, 0.4) is 0 Å². The van der Waals surface area contributed by atoms with Gasteiger partial charge in [0.2, 0.25) is 5.91 Å². The first-order valence-electron chi connectivity index (χ1n) is 11.6. The van der Waals surface area contributed by atoms with Crippen molar-refractivity contribution in [3.05, 3.63) is 64.4 Å². The number of carbonyl (C=O) groups is 1. The van der Waals surface area contributed by atoms with Gasteiger partial charge in [0.25, 0.3) is 0 Å². The second-order valence-corrected chi connectivity index (χ2v) is 9.80. The molecular weight excluding hydrogens is 436 g/mol. The number of nitrogens with zero attached hydrogens (tertiary/aromatic N) is 2. The van der Waals surface area contributed by atoms with E-state index in [9.17, 15) is 9.90 Å². The minimum Gasteiger partial charge on any atom is -0.491 e. The van der Waals surface area contributed by atoms with Crippen LogP contribution in [-0.2, 0) is 16.0 Å². The molecule has 0 saturated heterocycles. The highest BCUT2D eigenvalue weighted by Crippen LogP contribution is 2.34. The fourth-order valence-corrected chi connectivity index (χ4v) is 4.94. The number of thiophene rings is 1. The van der Waals surface area contributed by atoms with Crippen molar-refractivity contribution in [1.29, 1.82) is 0 Å². The maximum atomic E-state index is 13.4. The molecule has 1 amide bonds. The monoisotopic (exact) mass is 472 g/mol. The maximum Gasteiger partial charge on any atom is 0.237 e. The van der Waals surface area contributed by atoms with Crippen molar-refractivity contribution in [1.82, 2.24) is 9.80 Å². The highest BCUT2D eigenvalue weighted by molar-refractivity contribution is 7.10. The Labute approximate surface area is 201 Å². The van der Waals surface area contributed by atoms with Crippen LogP contribution in [-0.4, -0.2) is 72.4 Å². The van der Waals surface area contributed by atoms with Gasteiger partial charge in [-0.05, 0) is 56.3 Å². The average molecular weight is 473 g/mol. The first-order chi connectivity index (χ1) is 15.9. The molecule has 33 heavy (non-hydrogen) atoms. The molecule has 2 atom stereocenters. The largest absolute Gasteiger partial charge is 0.491 e. The Morgan fingerprint density at radius 2 is 2.09 bits per heavy atom. The number of carbonyl (C=O) groups excluding carboxylic acids is 1. The van der Waals surface area contributed by atoms with Gasteiger partial charge in [-0.2, -0.15) is 0 Å². The van der Waals surface area contributed by atoms with Crippen LogP contribution < -0.4 is 4.74 Å². The normalized spacial score (nSPS) is 16.7. The summed E-state index contributed by atoms with van der Waals surface area (Å²) in [7, 11) is 0. The summed E-state index contributed by atoms with van der Waals surface area (Å²) < 4.78 is 11.6. The smallest absolute Gasteiger partial charge is 0.237 e. The minimum atomic E-state index is -0.661. The van der Waals surface area contributed by atoms with Gasteiger partial charge in [-0.25, -0.2) is 0 Å². The lowest BCUT2D eigenvalue weighted by atomic mass is 10.0. The summed E-state index contributed by atoms with van der Waals surface area (Å²) in [4.78, 5) is 18.6. The number of ether oxygens (including phenoxy) is 2. The van der Waals surface area contributed by atoms with E-state index >= 15 is 0 Å². The second kappa shape index (κ2) is 12.3. The van der Waals surface area contributed by atoms with Gasteiger partial charge in [0.05, 0.1) is 31.4 Å². The van der Waals surface area contributed by atoms with Crippen molar-refractivity contribution in [2.45, 2.75) is 45.4 Å². The van der Waals surface area contributed by atoms with E-state index in [0.29, 0.717) is 26.2 Å². The number of aliphatic hydroxyl groups excluding tert-OH is 1. The molecule has 6 nitrogen and oxygen atoms in total. The molecule has 0 bridgehead atoms. The molecule has 1 aliphatic rings. The van der Waals surface area contributed by atoms with Crippen molar-refractivity contribution in [2.75, 3.05) is 39.4 Å². The van der Waals surface area contributed by atoms with Gasteiger partial charge in [-0.1, -0.05) is 23.8 Å². The molecule has 2 aromatic rings. The van der Waals surface area contributed by atoms with E-state index in [1.165, 1.54) is 16.0 Å². The van der Waals surface area contributed by atoms with E-state index < -0.39 is 6.10 Å². The van der Waals surface area contributed by atoms with Gasteiger partial charge in [-0.3, -0.25) is 9.69 Å².